The molecule has 6 nitrogen and oxygen atoms in total. The first-order valence-corrected chi connectivity index (χ1v) is 8.94. The van der Waals surface area contributed by atoms with E-state index in [2.05, 4.69) is 26.2 Å². The summed E-state index contributed by atoms with van der Waals surface area (Å²) in [4.78, 5) is 27.0. The van der Waals surface area contributed by atoms with E-state index in [1.807, 2.05) is 18.2 Å². The standard InChI is InChI=1S/C19H18BrN3O3/c20-12-3-1-4-13(10-12)22-18(24)11-6-7-16-15(9-11)14(5-2-8-21)17(23-16)19(25)26/h1,3-4,6-7,9-10,23H,2,5,8,21H2,(H,22,24)(H,25,26). The van der Waals surface area contributed by atoms with Crippen molar-refractivity contribution in [3.8, 4) is 0 Å². The normalized spacial score (nSPS) is 10.8. The smallest absolute Gasteiger partial charge is 0.352 e. The summed E-state index contributed by atoms with van der Waals surface area (Å²) in [5.74, 6) is -1.28. The molecule has 0 bridgehead atoms. The number of amides is 1. The SMILES string of the molecule is NCCCc1c(C(=O)O)[nH]c2ccc(C(=O)Nc3cccc(Br)c3)cc12. The van der Waals surface area contributed by atoms with Crippen molar-refractivity contribution in [2.24, 2.45) is 5.73 Å². The van der Waals surface area contributed by atoms with E-state index in [9.17, 15) is 14.7 Å². The number of benzene rings is 2. The molecule has 0 atom stereocenters. The van der Waals surface area contributed by atoms with E-state index >= 15 is 0 Å². The highest BCUT2D eigenvalue weighted by Crippen LogP contribution is 2.26. The molecule has 2 aromatic carbocycles. The second-order valence-electron chi connectivity index (χ2n) is 5.90. The summed E-state index contributed by atoms with van der Waals surface area (Å²) < 4.78 is 0.867. The molecule has 0 aliphatic rings. The maximum absolute atomic E-state index is 12.6. The minimum Gasteiger partial charge on any atom is -0.477 e. The lowest BCUT2D eigenvalue weighted by Crippen LogP contribution is -2.11. The van der Waals surface area contributed by atoms with Crippen molar-refractivity contribution < 1.29 is 14.7 Å². The molecule has 0 fully saturated rings. The van der Waals surface area contributed by atoms with Gasteiger partial charge < -0.3 is 21.1 Å². The van der Waals surface area contributed by atoms with Crippen LogP contribution in [0.15, 0.2) is 46.9 Å². The molecule has 3 aromatic rings. The zero-order chi connectivity index (χ0) is 18.7. The Morgan fingerprint density at radius 1 is 1.19 bits per heavy atom. The third kappa shape index (κ3) is 3.79. The number of anilines is 1. The van der Waals surface area contributed by atoms with Gasteiger partial charge in [-0.2, -0.15) is 0 Å². The van der Waals surface area contributed by atoms with Gasteiger partial charge in [-0.3, -0.25) is 4.79 Å². The van der Waals surface area contributed by atoms with E-state index in [0.717, 1.165) is 9.86 Å². The van der Waals surface area contributed by atoms with Gasteiger partial charge in [0.25, 0.3) is 5.91 Å². The molecule has 134 valence electrons. The number of nitrogens with two attached hydrogens (primary N) is 1. The average molecular weight is 416 g/mol. The predicted molar refractivity (Wildman–Crippen MR) is 105 cm³/mol. The molecule has 0 saturated heterocycles. The Bertz CT molecular complexity index is 981. The van der Waals surface area contributed by atoms with E-state index in [0.29, 0.717) is 41.7 Å². The molecule has 0 aliphatic heterocycles. The fourth-order valence-corrected chi connectivity index (χ4v) is 3.28. The van der Waals surface area contributed by atoms with Crippen molar-refractivity contribution in [1.29, 1.82) is 0 Å². The van der Waals surface area contributed by atoms with Gasteiger partial charge in [-0.05, 0) is 61.3 Å². The minimum atomic E-state index is -1.02. The Hall–Kier alpha value is -2.64. The fourth-order valence-electron chi connectivity index (χ4n) is 2.88. The molecule has 3 rings (SSSR count). The average Bonchev–Trinajstić information content (AvgIpc) is 2.98. The predicted octanol–water partition coefficient (Wildman–Crippen LogP) is 3.77. The van der Waals surface area contributed by atoms with Gasteiger partial charge in [-0.15, -0.1) is 0 Å². The van der Waals surface area contributed by atoms with Crippen LogP contribution in [0.5, 0.6) is 0 Å². The molecule has 0 saturated carbocycles. The van der Waals surface area contributed by atoms with Crippen LogP contribution in [-0.4, -0.2) is 28.5 Å². The quantitative estimate of drug-likeness (QED) is 0.491. The van der Waals surface area contributed by atoms with E-state index in [-0.39, 0.29) is 11.6 Å². The number of aryl methyl sites for hydroxylation is 1. The molecule has 0 spiro atoms. The number of H-pyrrole nitrogens is 1. The Labute approximate surface area is 158 Å². The van der Waals surface area contributed by atoms with Crippen molar-refractivity contribution in [3.05, 3.63) is 63.8 Å². The number of aromatic amines is 1. The Balaban J connectivity index is 1.96. The molecule has 26 heavy (non-hydrogen) atoms. The van der Waals surface area contributed by atoms with Crippen LogP contribution in [-0.2, 0) is 6.42 Å². The van der Waals surface area contributed by atoms with Crippen LogP contribution in [0, 0.1) is 0 Å². The van der Waals surface area contributed by atoms with Crippen LogP contribution >= 0.6 is 15.9 Å². The van der Waals surface area contributed by atoms with Crippen LogP contribution < -0.4 is 11.1 Å². The van der Waals surface area contributed by atoms with E-state index < -0.39 is 5.97 Å². The van der Waals surface area contributed by atoms with Crippen molar-refractivity contribution in [2.75, 3.05) is 11.9 Å². The van der Waals surface area contributed by atoms with Crippen LogP contribution in [0.2, 0.25) is 0 Å². The number of fused-ring (bicyclic) bond motifs is 1. The lowest BCUT2D eigenvalue weighted by molar-refractivity contribution is 0.0690. The van der Waals surface area contributed by atoms with Gasteiger partial charge in [0.05, 0.1) is 0 Å². The largest absolute Gasteiger partial charge is 0.477 e. The minimum absolute atomic E-state index is 0.151. The van der Waals surface area contributed by atoms with Crippen molar-refractivity contribution in [2.45, 2.75) is 12.8 Å². The highest BCUT2D eigenvalue weighted by molar-refractivity contribution is 9.10. The molecule has 1 aromatic heterocycles. The van der Waals surface area contributed by atoms with Gasteiger partial charge in [0.15, 0.2) is 0 Å². The number of aromatic carboxylic acids is 1. The second kappa shape index (κ2) is 7.72. The van der Waals surface area contributed by atoms with Gasteiger partial charge in [0.2, 0.25) is 0 Å². The van der Waals surface area contributed by atoms with Crippen LogP contribution in [0.25, 0.3) is 10.9 Å². The summed E-state index contributed by atoms with van der Waals surface area (Å²) in [6, 6.07) is 12.4. The highest BCUT2D eigenvalue weighted by atomic mass is 79.9. The third-order valence-electron chi connectivity index (χ3n) is 4.10. The molecular formula is C19H18BrN3O3. The molecule has 5 N–H and O–H groups in total. The first kappa shape index (κ1) is 18.2. The Morgan fingerprint density at radius 2 is 2.00 bits per heavy atom. The molecular weight excluding hydrogens is 398 g/mol. The van der Waals surface area contributed by atoms with Gasteiger partial charge in [-0.25, -0.2) is 4.79 Å². The maximum atomic E-state index is 12.6. The molecule has 0 aliphatic carbocycles. The Morgan fingerprint density at radius 3 is 2.69 bits per heavy atom. The Kier molecular flexibility index (Phi) is 5.39. The van der Waals surface area contributed by atoms with Crippen LogP contribution in [0.4, 0.5) is 5.69 Å². The first-order chi connectivity index (χ1) is 12.5. The fraction of sp³-hybridized carbons (Fsp3) is 0.158. The number of halogens is 1. The monoisotopic (exact) mass is 415 g/mol. The van der Waals surface area contributed by atoms with Gasteiger partial charge >= 0.3 is 5.97 Å². The van der Waals surface area contributed by atoms with Crippen LogP contribution in [0.1, 0.15) is 32.8 Å². The number of rotatable bonds is 6. The van der Waals surface area contributed by atoms with Crippen LogP contribution in [0.3, 0.4) is 0 Å². The third-order valence-corrected chi connectivity index (χ3v) is 4.59. The molecule has 7 heteroatoms. The number of aromatic nitrogens is 1. The summed E-state index contributed by atoms with van der Waals surface area (Å²) in [5.41, 5.74) is 8.22. The number of carboxylic acids is 1. The number of carbonyl (C=O) groups is 2. The van der Waals surface area contributed by atoms with Crippen molar-refractivity contribution in [1.82, 2.24) is 4.98 Å². The maximum Gasteiger partial charge on any atom is 0.352 e. The zero-order valence-corrected chi connectivity index (χ0v) is 15.5. The molecule has 0 radical (unpaired) electrons. The summed E-state index contributed by atoms with van der Waals surface area (Å²) in [7, 11) is 0. The summed E-state index contributed by atoms with van der Waals surface area (Å²) in [6.07, 6.45) is 1.20. The lowest BCUT2D eigenvalue weighted by atomic mass is 10.0. The summed E-state index contributed by atoms with van der Waals surface area (Å²) in [5, 5.41) is 13.0. The van der Waals surface area contributed by atoms with E-state index in [1.54, 1.807) is 24.3 Å². The number of hydrogen-bond acceptors (Lipinski definition) is 3. The molecule has 1 heterocycles. The molecule has 0 unspecified atom stereocenters. The van der Waals surface area contributed by atoms with Gasteiger partial charge in [0.1, 0.15) is 5.69 Å². The highest BCUT2D eigenvalue weighted by Gasteiger charge is 2.18. The summed E-state index contributed by atoms with van der Waals surface area (Å²) >= 11 is 3.37. The van der Waals surface area contributed by atoms with Gasteiger partial charge in [-0.1, -0.05) is 22.0 Å². The number of carboxylic acid groups (broad SMARTS) is 1. The van der Waals surface area contributed by atoms with E-state index in [1.165, 1.54) is 0 Å². The van der Waals surface area contributed by atoms with E-state index in [4.69, 9.17) is 5.73 Å². The number of carbonyl (C=O) groups excluding carboxylic acids is 1. The second-order valence-corrected chi connectivity index (χ2v) is 6.82. The van der Waals surface area contributed by atoms with Gasteiger partial charge in [0, 0.05) is 26.6 Å². The van der Waals surface area contributed by atoms with Crippen molar-refractivity contribution in [3.63, 3.8) is 0 Å². The first-order valence-electron chi connectivity index (χ1n) is 8.14. The molecule has 1 amide bonds. The lowest BCUT2D eigenvalue weighted by Gasteiger charge is -2.06. The number of nitrogens with one attached hydrogen (secondary N) is 2. The summed E-state index contributed by atoms with van der Waals surface area (Å²) in [6.45, 7) is 0.467. The zero-order valence-electron chi connectivity index (χ0n) is 13.9. The number of hydrogen-bond donors (Lipinski definition) is 4. The topological polar surface area (TPSA) is 108 Å². The van der Waals surface area contributed by atoms with Crippen molar-refractivity contribution >= 4 is 44.4 Å².